The second-order valence-electron chi connectivity index (χ2n) is 7.71. The van der Waals surface area contributed by atoms with Crippen LogP contribution in [0.5, 0.6) is 5.75 Å². The third kappa shape index (κ3) is 4.81. The van der Waals surface area contributed by atoms with Gasteiger partial charge in [-0.05, 0) is 60.4 Å². The van der Waals surface area contributed by atoms with E-state index in [1.54, 1.807) is 31.2 Å². The minimum atomic E-state index is -0.779. The van der Waals surface area contributed by atoms with Crippen LogP contribution >= 0.6 is 11.6 Å². The summed E-state index contributed by atoms with van der Waals surface area (Å²) in [7, 11) is 0. The Bertz CT molecular complexity index is 1280. The van der Waals surface area contributed by atoms with E-state index in [0.717, 1.165) is 21.6 Å². The second kappa shape index (κ2) is 9.30. The summed E-state index contributed by atoms with van der Waals surface area (Å²) in [5, 5.41) is 2.58. The van der Waals surface area contributed by atoms with Gasteiger partial charge in [-0.1, -0.05) is 60.1 Å². The van der Waals surface area contributed by atoms with Gasteiger partial charge in [-0.25, -0.2) is 9.69 Å². The maximum atomic E-state index is 13.1. The highest BCUT2D eigenvalue weighted by molar-refractivity contribution is 6.39. The number of urea groups is 1. The van der Waals surface area contributed by atoms with Gasteiger partial charge in [0.1, 0.15) is 17.9 Å². The fourth-order valence-electron chi connectivity index (χ4n) is 3.46. The van der Waals surface area contributed by atoms with E-state index in [9.17, 15) is 14.4 Å². The highest BCUT2D eigenvalue weighted by atomic mass is 35.5. The van der Waals surface area contributed by atoms with Crippen LogP contribution in [0.15, 0.2) is 72.3 Å². The van der Waals surface area contributed by atoms with Crippen LogP contribution in [0.25, 0.3) is 6.08 Å². The first-order valence-corrected chi connectivity index (χ1v) is 10.7. The highest BCUT2D eigenvalue weighted by Crippen LogP contribution is 2.29. The largest absolute Gasteiger partial charge is 0.487 e. The summed E-state index contributed by atoms with van der Waals surface area (Å²) in [5.74, 6) is -0.973. The van der Waals surface area contributed by atoms with Crippen molar-refractivity contribution in [2.75, 3.05) is 4.90 Å². The maximum Gasteiger partial charge on any atom is 0.335 e. The monoisotopic (exact) mass is 460 g/mol. The average molecular weight is 461 g/mol. The lowest BCUT2D eigenvalue weighted by Gasteiger charge is -2.27. The molecule has 0 radical (unpaired) electrons. The fourth-order valence-corrected chi connectivity index (χ4v) is 3.71. The van der Waals surface area contributed by atoms with Gasteiger partial charge in [-0.2, -0.15) is 0 Å². The first-order valence-electron chi connectivity index (χ1n) is 10.3. The number of aryl methyl sites for hydroxylation is 2. The zero-order valence-corrected chi connectivity index (χ0v) is 18.8. The quantitative estimate of drug-likeness (QED) is 0.419. The van der Waals surface area contributed by atoms with Crippen LogP contribution in [0.4, 0.5) is 10.5 Å². The van der Waals surface area contributed by atoms with E-state index in [-0.39, 0.29) is 5.57 Å². The molecule has 3 aromatic rings. The molecule has 1 N–H and O–H groups in total. The van der Waals surface area contributed by atoms with E-state index in [1.165, 1.54) is 6.08 Å². The summed E-state index contributed by atoms with van der Waals surface area (Å²) in [5.41, 5.74) is 3.42. The normalized spacial score (nSPS) is 15.1. The van der Waals surface area contributed by atoms with E-state index < -0.39 is 17.8 Å². The molecule has 0 unspecified atom stereocenters. The molecule has 33 heavy (non-hydrogen) atoms. The van der Waals surface area contributed by atoms with Crippen molar-refractivity contribution in [3.8, 4) is 5.75 Å². The van der Waals surface area contributed by atoms with Crippen LogP contribution in [0.1, 0.15) is 22.3 Å². The molecular formula is C26H21ClN2O4. The molecule has 0 atom stereocenters. The van der Waals surface area contributed by atoms with Gasteiger partial charge in [0.15, 0.2) is 0 Å². The predicted octanol–water partition coefficient (Wildman–Crippen LogP) is 5.20. The molecule has 1 saturated heterocycles. The number of hydrogen-bond donors (Lipinski definition) is 1. The molecule has 1 fully saturated rings. The van der Waals surface area contributed by atoms with Crippen molar-refractivity contribution >= 4 is 41.2 Å². The molecule has 0 aliphatic carbocycles. The molecule has 3 aromatic carbocycles. The molecule has 7 heteroatoms. The van der Waals surface area contributed by atoms with Crippen molar-refractivity contribution in [2.45, 2.75) is 20.5 Å². The zero-order chi connectivity index (χ0) is 23.5. The lowest BCUT2D eigenvalue weighted by atomic mass is 10.0. The Labute approximate surface area is 196 Å². The molecule has 0 bridgehead atoms. The first kappa shape index (κ1) is 22.3. The van der Waals surface area contributed by atoms with Crippen molar-refractivity contribution in [2.24, 2.45) is 0 Å². The number of barbiturate groups is 1. The Balaban J connectivity index is 1.60. The molecule has 6 nitrogen and oxygen atoms in total. The number of carbonyl (C=O) groups excluding carboxylic acids is 3. The Morgan fingerprint density at radius 2 is 1.73 bits per heavy atom. The lowest BCUT2D eigenvalue weighted by Crippen LogP contribution is -2.54. The van der Waals surface area contributed by atoms with Gasteiger partial charge < -0.3 is 4.74 Å². The Hall–Kier alpha value is -3.90. The molecular weight excluding hydrogens is 440 g/mol. The van der Waals surface area contributed by atoms with Gasteiger partial charge in [0.25, 0.3) is 11.8 Å². The Kier molecular flexibility index (Phi) is 6.29. The molecule has 0 saturated carbocycles. The lowest BCUT2D eigenvalue weighted by molar-refractivity contribution is -0.122. The Morgan fingerprint density at radius 3 is 2.45 bits per heavy atom. The molecule has 0 aromatic heterocycles. The number of halogens is 1. The molecule has 1 heterocycles. The number of rotatable bonds is 5. The van der Waals surface area contributed by atoms with E-state index >= 15 is 0 Å². The summed E-state index contributed by atoms with van der Waals surface area (Å²) in [6, 6.07) is 19.3. The SMILES string of the molecule is Cc1ccc(C)c(N2C(=O)NC(=O)/C(=C\c3ccc(OCc4ccccc4)c(Cl)c3)C2=O)c1. The van der Waals surface area contributed by atoms with E-state index in [1.807, 2.05) is 49.4 Å². The van der Waals surface area contributed by atoms with Gasteiger partial charge in [0.2, 0.25) is 0 Å². The molecule has 0 spiro atoms. The maximum absolute atomic E-state index is 13.1. The number of nitrogens with zero attached hydrogens (tertiary/aromatic N) is 1. The number of nitrogens with one attached hydrogen (secondary N) is 1. The second-order valence-corrected chi connectivity index (χ2v) is 8.12. The third-order valence-corrected chi connectivity index (χ3v) is 5.51. The summed E-state index contributed by atoms with van der Waals surface area (Å²) in [4.78, 5) is 39.1. The number of benzene rings is 3. The minimum absolute atomic E-state index is 0.162. The van der Waals surface area contributed by atoms with Crippen LogP contribution in [0.3, 0.4) is 0 Å². The summed E-state index contributed by atoms with van der Waals surface area (Å²) >= 11 is 6.37. The van der Waals surface area contributed by atoms with Gasteiger partial charge in [0.05, 0.1) is 10.7 Å². The van der Waals surface area contributed by atoms with Crippen LogP contribution in [0.2, 0.25) is 5.02 Å². The van der Waals surface area contributed by atoms with Crippen molar-refractivity contribution in [1.82, 2.24) is 5.32 Å². The summed E-state index contributed by atoms with van der Waals surface area (Å²) in [6.07, 6.45) is 1.41. The van der Waals surface area contributed by atoms with Crippen LogP contribution < -0.4 is 15.0 Å². The van der Waals surface area contributed by atoms with E-state index in [0.29, 0.717) is 28.6 Å². The van der Waals surface area contributed by atoms with Gasteiger partial charge in [-0.15, -0.1) is 0 Å². The summed E-state index contributed by atoms with van der Waals surface area (Å²) in [6.45, 7) is 4.01. The smallest absolute Gasteiger partial charge is 0.335 e. The van der Waals surface area contributed by atoms with Gasteiger partial charge in [0, 0.05) is 0 Å². The molecule has 1 aliphatic heterocycles. The molecule has 4 amide bonds. The van der Waals surface area contributed by atoms with E-state index in [4.69, 9.17) is 16.3 Å². The fraction of sp³-hybridized carbons (Fsp3) is 0.115. The van der Waals surface area contributed by atoms with Crippen molar-refractivity contribution in [1.29, 1.82) is 0 Å². The van der Waals surface area contributed by atoms with Gasteiger partial charge in [-0.3, -0.25) is 14.9 Å². The number of hydrogen-bond acceptors (Lipinski definition) is 4. The first-order chi connectivity index (χ1) is 15.8. The number of amides is 4. The highest BCUT2D eigenvalue weighted by Gasteiger charge is 2.37. The van der Waals surface area contributed by atoms with Crippen LogP contribution in [0, 0.1) is 13.8 Å². The number of ether oxygens (including phenoxy) is 1. The van der Waals surface area contributed by atoms with Crippen molar-refractivity contribution in [3.05, 3.63) is 99.6 Å². The van der Waals surface area contributed by atoms with Crippen LogP contribution in [-0.2, 0) is 16.2 Å². The van der Waals surface area contributed by atoms with Crippen LogP contribution in [-0.4, -0.2) is 17.8 Å². The molecule has 4 rings (SSSR count). The topological polar surface area (TPSA) is 75.7 Å². The standard InChI is InChI=1S/C26H21ClN2O4/c1-16-8-9-17(2)22(12-16)29-25(31)20(24(30)28-26(29)32)13-19-10-11-23(21(27)14-19)33-15-18-6-4-3-5-7-18/h3-14H,15H2,1-2H3,(H,28,30,32)/b20-13+. The predicted molar refractivity (Wildman–Crippen MR) is 127 cm³/mol. The number of carbonyl (C=O) groups is 3. The summed E-state index contributed by atoms with van der Waals surface area (Å²) < 4.78 is 5.77. The minimum Gasteiger partial charge on any atom is -0.487 e. The van der Waals surface area contributed by atoms with E-state index in [2.05, 4.69) is 5.32 Å². The number of anilines is 1. The molecule has 166 valence electrons. The van der Waals surface area contributed by atoms with Crippen molar-refractivity contribution in [3.63, 3.8) is 0 Å². The van der Waals surface area contributed by atoms with Gasteiger partial charge >= 0.3 is 6.03 Å². The zero-order valence-electron chi connectivity index (χ0n) is 18.1. The number of imide groups is 2. The Morgan fingerprint density at radius 1 is 0.970 bits per heavy atom. The van der Waals surface area contributed by atoms with Crippen molar-refractivity contribution < 1.29 is 19.1 Å². The third-order valence-electron chi connectivity index (χ3n) is 5.21. The average Bonchev–Trinajstić information content (AvgIpc) is 2.79. The molecule has 1 aliphatic rings.